The molecule has 2 aromatic rings. The van der Waals surface area contributed by atoms with Gasteiger partial charge in [-0.15, -0.1) is 0 Å². The van der Waals surface area contributed by atoms with Gasteiger partial charge < -0.3 is 15.0 Å². The first-order valence-corrected chi connectivity index (χ1v) is 8.02. The van der Waals surface area contributed by atoms with Crippen LogP contribution in [-0.2, 0) is 6.42 Å². The number of fused-ring (bicyclic) bond motifs is 1. The number of rotatable bonds is 7. The van der Waals surface area contributed by atoms with Gasteiger partial charge in [-0.1, -0.05) is 26.3 Å². The van der Waals surface area contributed by atoms with E-state index in [9.17, 15) is 0 Å². The molecule has 0 radical (unpaired) electrons. The van der Waals surface area contributed by atoms with Crippen molar-refractivity contribution in [1.29, 1.82) is 0 Å². The van der Waals surface area contributed by atoms with E-state index < -0.39 is 0 Å². The summed E-state index contributed by atoms with van der Waals surface area (Å²) < 4.78 is 2.18. The Bertz CT molecular complexity index is 575. The third-order valence-corrected chi connectivity index (χ3v) is 4.29. The highest BCUT2D eigenvalue weighted by atomic mass is 15.2. The van der Waals surface area contributed by atoms with Gasteiger partial charge in [-0.25, -0.2) is 4.98 Å². The smallest absolute Gasteiger partial charge is 0.151 e. The maximum Gasteiger partial charge on any atom is 0.151 e. The van der Waals surface area contributed by atoms with Crippen molar-refractivity contribution >= 4 is 11.5 Å². The zero-order valence-corrected chi connectivity index (χ0v) is 13.7. The number of nitrogens with zero attached hydrogens (tertiary/aromatic N) is 3. The number of nitrogens with two attached hydrogens (primary N) is 1. The van der Waals surface area contributed by atoms with E-state index in [-0.39, 0.29) is 6.04 Å². The van der Waals surface area contributed by atoms with Crippen LogP contribution in [0.5, 0.6) is 0 Å². The number of hydrogen-bond donors (Lipinski definition) is 1. The number of aromatic nitrogens is 2. The third-order valence-electron chi connectivity index (χ3n) is 4.29. The molecule has 2 unspecified atom stereocenters. The van der Waals surface area contributed by atoms with E-state index in [1.807, 2.05) is 6.07 Å². The molecular weight excluding hydrogens is 260 g/mol. The molecule has 0 aliphatic heterocycles. The van der Waals surface area contributed by atoms with E-state index in [2.05, 4.69) is 55.4 Å². The molecule has 0 spiro atoms. The fraction of sp³-hybridized carbons (Fsp3) is 0.588. The summed E-state index contributed by atoms with van der Waals surface area (Å²) in [5.74, 6) is 1.08. The van der Waals surface area contributed by atoms with E-state index in [0.717, 1.165) is 24.3 Å². The van der Waals surface area contributed by atoms with Crippen LogP contribution in [0.4, 0.5) is 5.82 Å². The molecule has 2 rings (SSSR count). The standard InChI is InChI=1S/C17H28N4/c1-5-9-13(3)20(4)17-15(12-14(18)6-2)21-11-8-7-10-16(21)19-17/h7-8,10-11,13-14H,5-6,9,12,18H2,1-4H3. The van der Waals surface area contributed by atoms with E-state index in [1.54, 1.807) is 0 Å². The first kappa shape index (κ1) is 15.8. The second kappa shape index (κ2) is 6.94. The van der Waals surface area contributed by atoms with Crippen LogP contribution in [0, 0.1) is 0 Å². The summed E-state index contributed by atoms with van der Waals surface area (Å²) in [4.78, 5) is 7.14. The molecule has 0 fully saturated rings. The highest BCUT2D eigenvalue weighted by Gasteiger charge is 2.20. The van der Waals surface area contributed by atoms with Gasteiger partial charge in [-0.3, -0.25) is 0 Å². The average molecular weight is 288 g/mol. The lowest BCUT2D eigenvalue weighted by atomic mass is 10.1. The summed E-state index contributed by atoms with van der Waals surface area (Å²) in [5, 5.41) is 0. The van der Waals surface area contributed by atoms with Crippen LogP contribution >= 0.6 is 0 Å². The van der Waals surface area contributed by atoms with Crippen molar-refractivity contribution in [2.24, 2.45) is 5.73 Å². The predicted molar refractivity (Wildman–Crippen MR) is 89.9 cm³/mol. The molecule has 2 aromatic heterocycles. The van der Waals surface area contributed by atoms with Gasteiger partial charge in [0.25, 0.3) is 0 Å². The molecule has 0 bridgehead atoms. The summed E-state index contributed by atoms with van der Waals surface area (Å²) in [6.45, 7) is 6.62. The van der Waals surface area contributed by atoms with Crippen molar-refractivity contribution in [3.63, 3.8) is 0 Å². The Balaban J connectivity index is 2.43. The lowest BCUT2D eigenvalue weighted by molar-refractivity contribution is 0.600. The number of pyridine rings is 1. The lowest BCUT2D eigenvalue weighted by Crippen LogP contribution is -2.31. The molecule has 2 heterocycles. The van der Waals surface area contributed by atoms with Gasteiger partial charge in [0, 0.05) is 31.7 Å². The Morgan fingerprint density at radius 1 is 1.33 bits per heavy atom. The Morgan fingerprint density at radius 2 is 2.10 bits per heavy atom. The summed E-state index contributed by atoms with van der Waals surface area (Å²) in [6, 6.07) is 6.80. The minimum absolute atomic E-state index is 0.179. The van der Waals surface area contributed by atoms with E-state index >= 15 is 0 Å². The Hall–Kier alpha value is -1.55. The minimum Gasteiger partial charge on any atom is -0.355 e. The van der Waals surface area contributed by atoms with Gasteiger partial charge in [0.05, 0.1) is 5.69 Å². The highest BCUT2D eigenvalue weighted by Crippen LogP contribution is 2.25. The van der Waals surface area contributed by atoms with Gasteiger partial charge >= 0.3 is 0 Å². The minimum atomic E-state index is 0.179. The third kappa shape index (κ3) is 3.38. The quantitative estimate of drug-likeness (QED) is 0.851. The normalized spacial score (nSPS) is 14.3. The molecule has 0 amide bonds. The predicted octanol–water partition coefficient (Wildman–Crippen LogP) is 3.24. The molecule has 116 valence electrons. The molecule has 2 N–H and O–H groups in total. The second-order valence-electron chi connectivity index (χ2n) is 5.93. The molecule has 2 atom stereocenters. The van der Waals surface area contributed by atoms with Crippen LogP contribution in [0.15, 0.2) is 24.4 Å². The van der Waals surface area contributed by atoms with Gasteiger partial charge in [-0.2, -0.15) is 0 Å². The Labute approximate surface area is 128 Å². The van der Waals surface area contributed by atoms with Crippen LogP contribution in [-0.4, -0.2) is 28.5 Å². The fourth-order valence-electron chi connectivity index (χ4n) is 2.72. The molecular formula is C17H28N4. The Kier molecular flexibility index (Phi) is 5.23. The largest absolute Gasteiger partial charge is 0.355 e. The molecule has 0 saturated heterocycles. The van der Waals surface area contributed by atoms with Crippen molar-refractivity contribution in [1.82, 2.24) is 9.38 Å². The summed E-state index contributed by atoms with van der Waals surface area (Å²) in [7, 11) is 2.14. The molecule has 4 nitrogen and oxygen atoms in total. The topological polar surface area (TPSA) is 46.6 Å². The van der Waals surface area contributed by atoms with Crippen LogP contribution in [0.3, 0.4) is 0 Å². The van der Waals surface area contributed by atoms with Crippen LogP contribution in [0.2, 0.25) is 0 Å². The van der Waals surface area contributed by atoms with E-state index in [1.165, 1.54) is 18.5 Å². The van der Waals surface area contributed by atoms with Crippen LogP contribution < -0.4 is 10.6 Å². The lowest BCUT2D eigenvalue weighted by Gasteiger charge is -2.26. The molecule has 0 saturated carbocycles. The summed E-state index contributed by atoms with van der Waals surface area (Å²) in [5.41, 5.74) is 8.43. The van der Waals surface area contributed by atoms with E-state index in [0.29, 0.717) is 6.04 Å². The van der Waals surface area contributed by atoms with Crippen LogP contribution in [0.1, 0.15) is 45.7 Å². The first-order chi connectivity index (χ1) is 10.1. The van der Waals surface area contributed by atoms with Crippen molar-refractivity contribution in [3.8, 4) is 0 Å². The fourth-order valence-corrected chi connectivity index (χ4v) is 2.72. The highest BCUT2D eigenvalue weighted by molar-refractivity contribution is 5.56. The van der Waals surface area contributed by atoms with Gasteiger partial charge in [0.1, 0.15) is 5.65 Å². The van der Waals surface area contributed by atoms with Gasteiger partial charge in [0.15, 0.2) is 5.82 Å². The van der Waals surface area contributed by atoms with Gasteiger partial charge in [0.2, 0.25) is 0 Å². The van der Waals surface area contributed by atoms with Crippen molar-refractivity contribution in [3.05, 3.63) is 30.1 Å². The SMILES string of the molecule is CCCC(C)N(C)c1nc2ccccn2c1CC(N)CC. The van der Waals surface area contributed by atoms with E-state index in [4.69, 9.17) is 10.7 Å². The number of hydrogen-bond acceptors (Lipinski definition) is 3. The van der Waals surface area contributed by atoms with Crippen molar-refractivity contribution in [2.45, 2.75) is 58.5 Å². The zero-order chi connectivity index (χ0) is 15.4. The Morgan fingerprint density at radius 3 is 2.76 bits per heavy atom. The second-order valence-corrected chi connectivity index (χ2v) is 5.93. The summed E-state index contributed by atoms with van der Waals surface area (Å²) in [6.07, 6.45) is 6.28. The molecule has 0 aliphatic carbocycles. The number of anilines is 1. The summed E-state index contributed by atoms with van der Waals surface area (Å²) >= 11 is 0. The zero-order valence-electron chi connectivity index (χ0n) is 13.7. The maximum atomic E-state index is 6.20. The molecule has 4 heteroatoms. The molecule has 0 aliphatic rings. The van der Waals surface area contributed by atoms with Crippen molar-refractivity contribution in [2.75, 3.05) is 11.9 Å². The molecule has 21 heavy (non-hydrogen) atoms. The van der Waals surface area contributed by atoms with Gasteiger partial charge in [-0.05, 0) is 31.9 Å². The maximum absolute atomic E-state index is 6.20. The monoisotopic (exact) mass is 288 g/mol. The van der Waals surface area contributed by atoms with Crippen molar-refractivity contribution < 1.29 is 0 Å². The molecule has 0 aromatic carbocycles. The number of imidazole rings is 1. The van der Waals surface area contributed by atoms with Crippen LogP contribution in [0.25, 0.3) is 5.65 Å². The first-order valence-electron chi connectivity index (χ1n) is 8.02. The average Bonchev–Trinajstić information content (AvgIpc) is 2.85.